The van der Waals surface area contributed by atoms with Crippen molar-refractivity contribution in [2.75, 3.05) is 13.1 Å². The Bertz CT molecular complexity index is 1230. The number of thiazole rings is 1. The van der Waals surface area contributed by atoms with Gasteiger partial charge in [-0.3, -0.25) is 14.4 Å². The number of benzene rings is 1. The normalized spacial score (nSPS) is 28.3. The predicted octanol–water partition coefficient (Wildman–Crippen LogP) is 2.22. The van der Waals surface area contributed by atoms with Gasteiger partial charge in [0.05, 0.1) is 28.2 Å². The second-order valence-electron chi connectivity index (χ2n) is 9.99. The highest BCUT2D eigenvalue weighted by Crippen LogP contribution is 2.35. The predicted molar refractivity (Wildman–Crippen MR) is 136 cm³/mol. The first-order chi connectivity index (χ1) is 17.2. The van der Waals surface area contributed by atoms with Crippen molar-refractivity contribution in [3.05, 3.63) is 41.0 Å². The number of carbonyl (C=O) groups excluding carboxylic acids is 3. The lowest BCUT2D eigenvalue weighted by Crippen LogP contribution is -2.55. The van der Waals surface area contributed by atoms with Crippen molar-refractivity contribution in [3.63, 3.8) is 0 Å². The molecule has 4 atom stereocenters. The molecule has 2 N–H and O–H groups in total. The number of hydrogen-bond acceptors (Lipinski definition) is 7. The Kier molecular flexibility index (Phi) is 6.42. The van der Waals surface area contributed by atoms with Crippen LogP contribution in [0, 0.1) is 6.92 Å². The summed E-state index contributed by atoms with van der Waals surface area (Å²) < 4.78 is 0. The Hall–Kier alpha value is -3.11. The average Bonchev–Trinajstić information content (AvgIpc) is 3.56. The van der Waals surface area contributed by atoms with Gasteiger partial charge in [-0.2, -0.15) is 0 Å². The van der Waals surface area contributed by atoms with E-state index in [9.17, 15) is 19.5 Å². The van der Waals surface area contributed by atoms with Gasteiger partial charge in [0.1, 0.15) is 11.9 Å². The van der Waals surface area contributed by atoms with Gasteiger partial charge in [-0.05, 0) is 44.2 Å². The lowest BCUT2D eigenvalue weighted by molar-refractivity contribution is -0.146. The summed E-state index contributed by atoms with van der Waals surface area (Å²) in [6.07, 6.45) is 1.91. The molecule has 4 heterocycles. The van der Waals surface area contributed by atoms with E-state index < -0.39 is 23.7 Å². The van der Waals surface area contributed by atoms with E-state index in [-0.39, 0.29) is 30.7 Å². The van der Waals surface area contributed by atoms with E-state index >= 15 is 0 Å². The number of likely N-dealkylation sites (tertiary alicyclic amines) is 2. The summed E-state index contributed by atoms with van der Waals surface area (Å²) in [5, 5.41) is 13.4. The standard InChI is InChI=1S/C26H31N5O4S/c1-15-22(36-14-27-15)17-7-9-18(10-8-17)26(3)25(35)28-23(29-26)21-12-19(33)13-31(21)24(34)20-6-4-5-11-30(20)16(2)32/h7-10,14,19-21,33H,4-6,11-13H2,1-3H3,(H,28,29,35)/t19-,20?,21-,26?/m1/s1. The molecule has 2 unspecified atom stereocenters. The Morgan fingerprint density at radius 1 is 1.19 bits per heavy atom. The lowest BCUT2D eigenvalue weighted by atomic mass is 9.91. The maximum atomic E-state index is 13.6. The minimum atomic E-state index is -1.14. The van der Waals surface area contributed by atoms with E-state index in [4.69, 9.17) is 4.99 Å². The number of rotatable bonds is 4. The van der Waals surface area contributed by atoms with E-state index in [1.165, 1.54) is 6.92 Å². The minimum absolute atomic E-state index is 0.125. The van der Waals surface area contributed by atoms with Crippen LogP contribution in [-0.4, -0.2) is 74.7 Å². The molecule has 3 aliphatic rings. The van der Waals surface area contributed by atoms with Gasteiger partial charge in [-0.15, -0.1) is 11.3 Å². The Morgan fingerprint density at radius 3 is 2.61 bits per heavy atom. The summed E-state index contributed by atoms with van der Waals surface area (Å²) in [5.41, 5.74) is 3.40. The zero-order valence-corrected chi connectivity index (χ0v) is 21.5. The third-order valence-electron chi connectivity index (χ3n) is 7.55. The number of amides is 3. The van der Waals surface area contributed by atoms with Gasteiger partial charge in [0, 0.05) is 26.4 Å². The third kappa shape index (κ3) is 4.22. The molecule has 1 aromatic carbocycles. The molecule has 0 aliphatic carbocycles. The largest absolute Gasteiger partial charge is 0.391 e. The lowest BCUT2D eigenvalue weighted by Gasteiger charge is -2.37. The molecule has 2 fully saturated rings. The van der Waals surface area contributed by atoms with Gasteiger partial charge in [-0.25, -0.2) is 9.98 Å². The second-order valence-corrected chi connectivity index (χ2v) is 10.8. The maximum Gasteiger partial charge on any atom is 0.257 e. The molecular weight excluding hydrogens is 478 g/mol. The quantitative estimate of drug-likeness (QED) is 0.656. The zero-order valence-electron chi connectivity index (χ0n) is 20.7. The number of nitrogens with one attached hydrogen (secondary N) is 1. The highest BCUT2D eigenvalue weighted by atomic mass is 32.1. The second kappa shape index (κ2) is 9.40. The number of β-amino-alcohol motifs (C(OH)–C–C–N with tert-alkyl or cyclic N) is 1. The van der Waals surface area contributed by atoms with Gasteiger partial charge in [0.2, 0.25) is 11.8 Å². The van der Waals surface area contributed by atoms with Gasteiger partial charge in [-0.1, -0.05) is 24.3 Å². The van der Waals surface area contributed by atoms with Gasteiger partial charge in [0.25, 0.3) is 5.91 Å². The number of piperidine rings is 1. The minimum Gasteiger partial charge on any atom is -0.391 e. The van der Waals surface area contributed by atoms with Crippen LogP contribution < -0.4 is 5.32 Å². The highest BCUT2D eigenvalue weighted by molar-refractivity contribution is 7.13. The van der Waals surface area contributed by atoms with Crippen molar-refractivity contribution in [1.82, 2.24) is 20.1 Å². The van der Waals surface area contributed by atoms with E-state index in [2.05, 4.69) is 10.3 Å². The van der Waals surface area contributed by atoms with Gasteiger partial charge in [0.15, 0.2) is 5.54 Å². The summed E-state index contributed by atoms with van der Waals surface area (Å²) in [6.45, 7) is 5.92. The molecule has 2 aromatic rings. The molecule has 36 heavy (non-hydrogen) atoms. The topological polar surface area (TPSA) is 115 Å². The Morgan fingerprint density at radius 2 is 1.94 bits per heavy atom. The number of nitrogens with zero attached hydrogens (tertiary/aromatic N) is 4. The van der Waals surface area contributed by atoms with Crippen LogP contribution >= 0.6 is 11.3 Å². The van der Waals surface area contributed by atoms with Crippen LogP contribution in [0.2, 0.25) is 0 Å². The molecule has 0 spiro atoms. The molecule has 190 valence electrons. The highest BCUT2D eigenvalue weighted by Gasteiger charge is 2.48. The first kappa shape index (κ1) is 24.6. The van der Waals surface area contributed by atoms with E-state index in [1.54, 1.807) is 28.1 Å². The number of aliphatic hydroxyl groups is 1. The van der Waals surface area contributed by atoms with E-state index in [1.807, 2.05) is 36.7 Å². The van der Waals surface area contributed by atoms with Crippen molar-refractivity contribution in [2.24, 2.45) is 4.99 Å². The number of aliphatic imine (C=N–C) groups is 1. The summed E-state index contributed by atoms with van der Waals surface area (Å²) in [4.78, 5) is 52.3. The SMILES string of the molecule is CC(=O)N1CCCCC1C(=O)N1C[C@H](O)C[C@@H]1C1=NC(C)(c2ccc(-c3scnc3C)cc2)C(=O)N1. The molecule has 9 nitrogen and oxygen atoms in total. The van der Waals surface area contributed by atoms with Crippen LogP contribution in [-0.2, 0) is 19.9 Å². The number of hydrogen-bond donors (Lipinski definition) is 2. The number of amidine groups is 1. The third-order valence-corrected chi connectivity index (χ3v) is 8.53. The van der Waals surface area contributed by atoms with Crippen molar-refractivity contribution < 1.29 is 19.5 Å². The zero-order chi connectivity index (χ0) is 25.6. The molecule has 0 radical (unpaired) electrons. The first-order valence-corrected chi connectivity index (χ1v) is 13.2. The summed E-state index contributed by atoms with van der Waals surface area (Å²) in [5.74, 6) is -0.197. The fourth-order valence-corrected chi connectivity index (χ4v) is 6.32. The van der Waals surface area contributed by atoms with E-state index in [0.717, 1.165) is 34.5 Å². The van der Waals surface area contributed by atoms with Crippen molar-refractivity contribution in [1.29, 1.82) is 0 Å². The molecule has 2 saturated heterocycles. The summed E-state index contributed by atoms with van der Waals surface area (Å²) >= 11 is 1.57. The number of aromatic nitrogens is 1. The van der Waals surface area contributed by atoms with Crippen LogP contribution in [0.5, 0.6) is 0 Å². The molecule has 5 rings (SSSR count). The fraction of sp³-hybridized carbons (Fsp3) is 0.500. The van der Waals surface area contributed by atoms with Crippen molar-refractivity contribution in [3.8, 4) is 10.4 Å². The first-order valence-electron chi connectivity index (χ1n) is 12.4. The van der Waals surface area contributed by atoms with Crippen LogP contribution in [0.4, 0.5) is 0 Å². The van der Waals surface area contributed by atoms with Gasteiger partial charge < -0.3 is 20.2 Å². The molecule has 1 aromatic heterocycles. The summed E-state index contributed by atoms with van der Waals surface area (Å²) in [6, 6.07) is 6.65. The summed E-state index contributed by atoms with van der Waals surface area (Å²) in [7, 11) is 0. The van der Waals surface area contributed by atoms with Crippen molar-refractivity contribution in [2.45, 2.75) is 70.2 Å². The van der Waals surface area contributed by atoms with Crippen molar-refractivity contribution >= 4 is 34.9 Å². The molecular formula is C26H31N5O4S. The number of aryl methyl sites for hydroxylation is 1. The average molecular weight is 510 g/mol. The maximum absolute atomic E-state index is 13.6. The molecule has 0 bridgehead atoms. The van der Waals surface area contributed by atoms with E-state index in [0.29, 0.717) is 18.8 Å². The molecule has 3 amide bonds. The van der Waals surface area contributed by atoms with Crippen LogP contribution in [0.1, 0.15) is 50.8 Å². The molecule has 10 heteroatoms. The number of carbonyl (C=O) groups is 3. The van der Waals surface area contributed by atoms with Crippen LogP contribution in [0.15, 0.2) is 34.8 Å². The number of aliphatic hydroxyl groups excluding tert-OH is 1. The molecule has 3 aliphatic heterocycles. The smallest absolute Gasteiger partial charge is 0.257 e. The monoisotopic (exact) mass is 509 g/mol. The van der Waals surface area contributed by atoms with Crippen LogP contribution in [0.25, 0.3) is 10.4 Å². The van der Waals surface area contributed by atoms with Crippen LogP contribution in [0.3, 0.4) is 0 Å². The Labute approximate surface area is 214 Å². The molecule has 0 saturated carbocycles. The van der Waals surface area contributed by atoms with Gasteiger partial charge >= 0.3 is 0 Å². The fourth-order valence-electron chi connectivity index (χ4n) is 5.51. The Balaban J connectivity index is 1.41.